The van der Waals surface area contributed by atoms with Crippen molar-refractivity contribution in [3.8, 4) is 0 Å². The third kappa shape index (κ3) is 5.97. The van der Waals surface area contributed by atoms with Crippen molar-refractivity contribution in [1.82, 2.24) is 5.32 Å². The molecule has 0 saturated heterocycles. The summed E-state index contributed by atoms with van der Waals surface area (Å²) in [4.78, 5) is 12.6. The molecule has 5 nitrogen and oxygen atoms in total. The molecule has 152 valence electrons. The van der Waals surface area contributed by atoms with Gasteiger partial charge in [-0.05, 0) is 68.5 Å². The Balaban J connectivity index is 2.04. The SMILES string of the molecule is Cc1cc(C)cc(N([C@H](C)C(=O)NCCCc2ccccc2Cl)S(C)(=O)=O)c1. The van der Waals surface area contributed by atoms with Crippen molar-refractivity contribution < 1.29 is 13.2 Å². The number of sulfonamides is 1. The first kappa shape index (κ1) is 22.2. The molecule has 7 heteroatoms. The average Bonchev–Trinajstić information content (AvgIpc) is 2.58. The number of nitrogens with one attached hydrogen (secondary N) is 1. The highest BCUT2D eigenvalue weighted by Crippen LogP contribution is 2.24. The van der Waals surface area contributed by atoms with Crippen LogP contribution in [0.15, 0.2) is 42.5 Å². The van der Waals surface area contributed by atoms with E-state index in [9.17, 15) is 13.2 Å². The van der Waals surface area contributed by atoms with Gasteiger partial charge in [0.05, 0.1) is 11.9 Å². The highest BCUT2D eigenvalue weighted by Gasteiger charge is 2.29. The predicted octanol–water partition coefficient (Wildman–Crippen LogP) is 3.86. The van der Waals surface area contributed by atoms with Gasteiger partial charge in [0.15, 0.2) is 0 Å². The summed E-state index contributed by atoms with van der Waals surface area (Å²) in [6.45, 7) is 5.84. The van der Waals surface area contributed by atoms with Gasteiger partial charge in [-0.25, -0.2) is 8.42 Å². The van der Waals surface area contributed by atoms with Crippen molar-refractivity contribution in [3.63, 3.8) is 0 Å². The smallest absolute Gasteiger partial charge is 0.243 e. The fourth-order valence-electron chi connectivity index (χ4n) is 3.23. The molecule has 2 aromatic rings. The molecule has 0 bridgehead atoms. The molecule has 0 fully saturated rings. The van der Waals surface area contributed by atoms with E-state index in [0.717, 1.165) is 29.4 Å². The first-order valence-corrected chi connectivity index (χ1v) is 11.4. The largest absolute Gasteiger partial charge is 0.354 e. The third-order valence-corrected chi connectivity index (χ3v) is 6.04. The van der Waals surface area contributed by atoms with E-state index in [4.69, 9.17) is 11.6 Å². The van der Waals surface area contributed by atoms with Gasteiger partial charge < -0.3 is 5.32 Å². The lowest BCUT2D eigenvalue weighted by Gasteiger charge is -2.28. The van der Waals surface area contributed by atoms with Gasteiger partial charge in [-0.15, -0.1) is 0 Å². The molecule has 0 spiro atoms. The van der Waals surface area contributed by atoms with Crippen molar-refractivity contribution in [2.75, 3.05) is 17.1 Å². The van der Waals surface area contributed by atoms with Gasteiger partial charge in [0, 0.05) is 11.6 Å². The van der Waals surface area contributed by atoms with E-state index in [1.165, 1.54) is 4.31 Å². The van der Waals surface area contributed by atoms with E-state index in [1.54, 1.807) is 19.1 Å². The molecule has 0 aromatic heterocycles. The number of amides is 1. The molecule has 1 atom stereocenters. The summed E-state index contributed by atoms with van der Waals surface area (Å²) < 4.78 is 25.9. The fraction of sp³-hybridized carbons (Fsp3) is 0.381. The van der Waals surface area contributed by atoms with Gasteiger partial charge in [0.1, 0.15) is 6.04 Å². The van der Waals surface area contributed by atoms with Crippen LogP contribution >= 0.6 is 11.6 Å². The lowest BCUT2D eigenvalue weighted by atomic mass is 10.1. The maximum absolute atomic E-state index is 12.6. The monoisotopic (exact) mass is 422 g/mol. The second-order valence-corrected chi connectivity index (χ2v) is 9.33. The minimum absolute atomic E-state index is 0.330. The van der Waals surface area contributed by atoms with Crippen molar-refractivity contribution in [1.29, 1.82) is 0 Å². The first-order chi connectivity index (χ1) is 13.1. The zero-order valence-corrected chi connectivity index (χ0v) is 18.3. The van der Waals surface area contributed by atoms with Crippen LogP contribution in [-0.2, 0) is 21.2 Å². The highest BCUT2D eigenvalue weighted by molar-refractivity contribution is 7.92. The summed E-state index contributed by atoms with van der Waals surface area (Å²) in [6, 6.07) is 12.3. The second-order valence-electron chi connectivity index (χ2n) is 7.07. The molecule has 0 unspecified atom stereocenters. The van der Waals surface area contributed by atoms with E-state index in [2.05, 4.69) is 5.32 Å². The number of nitrogens with zero attached hydrogens (tertiary/aromatic N) is 1. The molecule has 0 aliphatic heterocycles. The zero-order chi connectivity index (χ0) is 20.9. The summed E-state index contributed by atoms with van der Waals surface area (Å²) in [6.07, 6.45) is 2.57. The van der Waals surface area contributed by atoms with Gasteiger partial charge in [0.2, 0.25) is 15.9 Å². The minimum atomic E-state index is -3.62. The Morgan fingerprint density at radius 2 is 1.75 bits per heavy atom. The lowest BCUT2D eigenvalue weighted by Crippen LogP contribution is -2.48. The average molecular weight is 423 g/mol. The Labute approximate surface area is 172 Å². The molecule has 1 N–H and O–H groups in total. The number of rotatable bonds is 8. The number of carbonyl (C=O) groups excluding carboxylic acids is 1. The Morgan fingerprint density at radius 3 is 2.32 bits per heavy atom. The Kier molecular flexibility index (Phi) is 7.49. The van der Waals surface area contributed by atoms with Gasteiger partial charge >= 0.3 is 0 Å². The van der Waals surface area contributed by atoms with Gasteiger partial charge in [-0.3, -0.25) is 9.10 Å². The van der Waals surface area contributed by atoms with Crippen molar-refractivity contribution in [2.45, 2.75) is 39.7 Å². The molecule has 0 radical (unpaired) electrons. The minimum Gasteiger partial charge on any atom is -0.354 e. The lowest BCUT2D eigenvalue weighted by molar-refractivity contribution is -0.121. The van der Waals surface area contributed by atoms with E-state index >= 15 is 0 Å². The molecule has 0 aliphatic carbocycles. The van der Waals surface area contributed by atoms with Crippen LogP contribution in [0, 0.1) is 13.8 Å². The second kappa shape index (κ2) is 9.43. The molecule has 2 aromatic carbocycles. The molecule has 1 amide bonds. The molecule has 2 rings (SSSR count). The maximum Gasteiger partial charge on any atom is 0.243 e. The Hall–Kier alpha value is -2.05. The molecular weight excluding hydrogens is 396 g/mol. The Morgan fingerprint density at radius 1 is 1.14 bits per heavy atom. The van der Waals surface area contributed by atoms with E-state index in [-0.39, 0.29) is 5.91 Å². The quantitative estimate of drug-likeness (QED) is 0.657. The van der Waals surface area contributed by atoms with Crippen LogP contribution in [0.4, 0.5) is 5.69 Å². The number of hydrogen-bond acceptors (Lipinski definition) is 3. The molecule has 0 aliphatic rings. The van der Waals surface area contributed by atoms with Crippen LogP contribution in [0.3, 0.4) is 0 Å². The van der Waals surface area contributed by atoms with Crippen LogP contribution in [0.2, 0.25) is 5.02 Å². The fourth-order valence-corrected chi connectivity index (χ4v) is 4.61. The normalized spacial score (nSPS) is 12.5. The van der Waals surface area contributed by atoms with Crippen LogP contribution < -0.4 is 9.62 Å². The summed E-state index contributed by atoms with van der Waals surface area (Å²) in [5.74, 6) is -0.330. The summed E-state index contributed by atoms with van der Waals surface area (Å²) >= 11 is 6.14. The molecule has 0 heterocycles. The highest BCUT2D eigenvalue weighted by atomic mass is 35.5. The van der Waals surface area contributed by atoms with Gasteiger partial charge in [-0.1, -0.05) is 35.9 Å². The van der Waals surface area contributed by atoms with Gasteiger partial charge in [0.25, 0.3) is 0 Å². The standard InChI is InChI=1S/C21H27ClN2O3S/c1-15-12-16(2)14-19(13-15)24(28(4,26)27)17(3)21(25)23-11-7-9-18-8-5-6-10-20(18)22/h5-6,8,10,12-14,17H,7,9,11H2,1-4H3,(H,23,25)/t17-/m1/s1. The first-order valence-electron chi connectivity index (χ1n) is 9.18. The number of halogens is 1. The van der Waals surface area contributed by atoms with Crippen LogP contribution in [0.1, 0.15) is 30.0 Å². The van der Waals surface area contributed by atoms with Crippen molar-refractivity contribution >= 4 is 33.2 Å². The topological polar surface area (TPSA) is 66.5 Å². The van der Waals surface area contributed by atoms with Gasteiger partial charge in [-0.2, -0.15) is 0 Å². The number of anilines is 1. The molecule has 0 saturated carbocycles. The summed E-state index contributed by atoms with van der Waals surface area (Å²) in [5, 5.41) is 3.54. The molecular formula is C21H27ClN2O3S. The van der Waals surface area contributed by atoms with Crippen LogP contribution in [-0.4, -0.2) is 33.2 Å². The molecule has 28 heavy (non-hydrogen) atoms. The van der Waals surface area contributed by atoms with E-state index < -0.39 is 16.1 Å². The third-order valence-electron chi connectivity index (χ3n) is 4.43. The number of carbonyl (C=O) groups is 1. The van der Waals surface area contributed by atoms with Crippen molar-refractivity contribution in [2.24, 2.45) is 0 Å². The predicted molar refractivity (Wildman–Crippen MR) is 115 cm³/mol. The summed E-state index contributed by atoms with van der Waals surface area (Å²) in [5.41, 5.74) is 3.41. The number of aryl methyl sites for hydroxylation is 3. The van der Waals surface area contributed by atoms with Crippen LogP contribution in [0.25, 0.3) is 0 Å². The maximum atomic E-state index is 12.6. The van der Waals surface area contributed by atoms with E-state index in [1.807, 2.05) is 44.2 Å². The van der Waals surface area contributed by atoms with E-state index in [0.29, 0.717) is 23.7 Å². The zero-order valence-electron chi connectivity index (χ0n) is 16.7. The Bertz CT molecular complexity index is 924. The van der Waals surface area contributed by atoms with Crippen LogP contribution in [0.5, 0.6) is 0 Å². The number of hydrogen-bond donors (Lipinski definition) is 1. The van der Waals surface area contributed by atoms with Crippen molar-refractivity contribution in [3.05, 3.63) is 64.2 Å². The number of benzene rings is 2. The summed E-state index contributed by atoms with van der Waals surface area (Å²) in [7, 11) is -3.62.